The van der Waals surface area contributed by atoms with Gasteiger partial charge in [0.1, 0.15) is 12.7 Å². The van der Waals surface area contributed by atoms with Gasteiger partial charge >= 0.3 is 12.1 Å². The molecule has 2 unspecified atom stereocenters. The van der Waals surface area contributed by atoms with Gasteiger partial charge in [-0.15, -0.1) is 0 Å². The minimum Gasteiger partial charge on any atom is -0.494 e. The Hall–Kier alpha value is -2.50. The monoisotopic (exact) mass is 277 g/mol. The molecule has 0 fully saturated rings. The third-order valence-corrected chi connectivity index (χ3v) is 2.93. The van der Waals surface area contributed by atoms with Gasteiger partial charge in [-0.2, -0.15) is 0 Å². The van der Waals surface area contributed by atoms with Crippen LogP contribution in [0.5, 0.6) is 0 Å². The molecule has 0 spiro atoms. The maximum absolute atomic E-state index is 12.0. The van der Waals surface area contributed by atoms with E-state index in [-0.39, 0.29) is 6.61 Å². The van der Waals surface area contributed by atoms with E-state index in [2.05, 4.69) is 0 Å². The van der Waals surface area contributed by atoms with Crippen LogP contribution in [0, 0.1) is 0 Å². The predicted molar refractivity (Wildman–Crippen MR) is 69.6 cm³/mol. The van der Waals surface area contributed by atoms with E-state index in [9.17, 15) is 9.59 Å². The van der Waals surface area contributed by atoms with E-state index >= 15 is 0 Å². The highest BCUT2D eigenvalue weighted by Crippen LogP contribution is 2.17. The molecule has 1 aliphatic heterocycles. The molecule has 1 heterocycles. The zero-order chi connectivity index (χ0) is 14.5. The molecule has 1 amide bonds. The lowest BCUT2D eigenvalue weighted by atomic mass is 10.1. The van der Waals surface area contributed by atoms with Gasteiger partial charge in [-0.05, 0) is 12.5 Å². The van der Waals surface area contributed by atoms with Gasteiger partial charge in [0.15, 0.2) is 6.04 Å². The number of aliphatic carboxylic acids is 1. The summed E-state index contributed by atoms with van der Waals surface area (Å²) in [7, 11) is 0. The van der Waals surface area contributed by atoms with Crippen LogP contribution in [0.15, 0.2) is 42.8 Å². The molecule has 6 nitrogen and oxygen atoms in total. The molecule has 1 aromatic carbocycles. The zero-order valence-corrected chi connectivity index (χ0v) is 10.9. The number of carbonyl (C=O) groups excluding carboxylic acids is 1. The molecule has 0 radical (unpaired) electrons. The second-order valence-corrected chi connectivity index (χ2v) is 4.36. The second kappa shape index (κ2) is 6.10. The van der Waals surface area contributed by atoms with E-state index in [4.69, 9.17) is 14.6 Å². The van der Waals surface area contributed by atoms with Crippen LogP contribution in [0.4, 0.5) is 4.79 Å². The molecule has 1 aromatic rings. The van der Waals surface area contributed by atoms with Crippen molar-refractivity contribution in [1.29, 1.82) is 0 Å². The van der Waals surface area contributed by atoms with Crippen LogP contribution in [0.2, 0.25) is 0 Å². The highest BCUT2D eigenvalue weighted by atomic mass is 16.6. The van der Waals surface area contributed by atoms with E-state index in [1.165, 1.54) is 12.5 Å². The molecular weight excluding hydrogens is 262 g/mol. The Kier molecular flexibility index (Phi) is 4.24. The molecule has 0 saturated carbocycles. The number of carboxylic acid groups (broad SMARTS) is 1. The van der Waals surface area contributed by atoms with Gasteiger partial charge in [-0.1, -0.05) is 30.3 Å². The average Bonchev–Trinajstić information content (AvgIpc) is 2.45. The van der Waals surface area contributed by atoms with Crippen LogP contribution in [0.25, 0.3) is 0 Å². The fraction of sp³-hybridized carbons (Fsp3) is 0.286. The van der Waals surface area contributed by atoms with Crippen LogP contribution in [-0.2, 0) is 20.9 Å². The van der Waals surface area contributed by atoms with Crippen LogP contribution < -0.4 is 0 Å². The van der Waals surface area contributed by atoms with Gasteiger partial charge in [-0.25, -0.2) is 9.59 Å². The summed E-state index contributed by atoms with van der Waals surface area (Å²) >= 11 is 0. The molecule has 0 aromatic heterocycles. The smallest absolute Gasteiger partial charge is 0.415 e. The first-order chi connectivity index (χ1) is 9.59. The molecule has 0 saturated heterocycles. The summed E-state index contributed by atoms with van der Waals surface area (Å²) in [6.07, 6.45) is 1.20. The van der Waals surface area contributed by atoms with E-state index < -0.39 is 24.2 Å². The fourth-order valence-electron chi connectivity index (χ4n) is 1.91. The Morgan fingerprint density at radius 1 is 1.35 bits per heavy atom. The third kappa shape index (κ3) is 3.09. The van der Waals surface area contributed by atoms with Crippen molar-refractivity contribution in [3.8, 4) is 0 Å². The highest BCUT2D eigenvalue weighted by Gasteiger charge is 2.37. The minimum absolute atomic E-state index is 0.0889. The Morgan fingerprint density at radius 2 is 2.05 bits per heavy atom. The molecule has 106 valence electrons. The van der Waals surface area contributed by atoms with Gasteiger partial charge in [0.25, 0.3) is 0 Å². The van der Waals surface area contributed by atoms with Gasteiger partial charge in [0.05, 0.1) is 6.26 Å². The number of amides is 1. The molecule has 2 atom stereocenters. The number of rotatable bonds is 3. The van der Waals surface area contributed by atoms with E-state index in [1.807, 2.05) is 30.3 Å². The minimum atomic E-state index is -1.14. The average molecular weight is 277 g/mol. The molecule has 6 heteroatoms. The van der Waals surface area contributed by atoms with Crippen molar-refractivity contribution in [2.75, 3.05) is 0 Å². The molecule has 1 aliphatic rings. The van der Waals surface area contributed by atoms with Crippen LogP contribution in [0.3, 0.4) is 0 Å². The third-order valence-electron chi connectivity index (χ3n) is 2.93. The number of benzene rings is 1. The van der Waals surface area contributed by atoms with Crippen molar-refractivity contribution in [3.63, 3.8) is 0 Å². The summed E-state index contributed by atoms with van der Waals surface area (Å²) in [5, 5.41) is 9.15. The first-order valence-corrected chi connectivity index (χ1v) is 6.13. The summed E-state index contributed by atoms with van der Waals surface area (Å²) in [5.74, 6) is -1.14. The number of carbonyl (C=O) groups is 2. The maximum Gasteiger partial charge on any atom is 0.415 e. The first kappa shape index (κ1) is 13.9. The van der Waals surface area contributed by atoms with Crippen LogP contribution in [-0.4, -0.2) is 34.2 Å². The summed E-state index contributed by atoms with van der Waals surface area (Å²) in [4.78, 5) is 24.2. The Morgan fingerprint density at radius 3 is 2.70 bits per heavy atom. The van der Waals surface area contributed by atoms with Crippen LogP contribution in [0.1, 0.15) is 12.5 Å². The summed E-state index contributed by atoms with van der Waals surface area (Å²) in [5.41, 5.74) is 0.831. The summed E-state index contributed by atoms with van der Waals surface area (Å²) < 4.78 is 10.2. The predicted octanol–water partition coefficient (Wildman–Crippen LogP) is 1.97. The molecule has 20 heavy (non-hydrogen) atoms. The number of carboxylic acids is 1. The maximum atomic E-state index is 12.0. The fourth-order valence-corrected chi connectivity index (χ4v) is 1.91. The van der Waals surface area contributed by atoms with Crippen LogP contribution >= 0.6 is 0 Å². The molecule has 0 bridgehead atoms. The lowest BCUT2D eigenvalue weighted by Gasteiger charge is -2.32. The first-order valence-electron chi connectivity index (χ1n) is 6.13. The highest BCUT2D eigenvalue weighted by molar-refractivity contribution is 5.81. The van der Waals surface area contributed by atoms with Gasteiger partial charge in [0, 0.05) is 6.20 Å². The summed E-state index contributed by atoms with van der Waals surface area (Å²) in [6, 6.07) is 8.07. The van der Waals surface area contributed by atoms with E-state index in [0.717, 1.165) is 10.5 Å². The van der Waals surface area contributed by atoms with Gasteiger partial charge < -0.3 is 14.6 Å². The van der Waals surface area contributed by atoms with E-state index in [1.54, 1.807) is 6.92 Å². The van der Waals surface area contributed by atoms with Gasteiger partial charge in [-0.3, -0.25) is 4.90 Å². The molecule has 1 N–H and O–H groups in total. The van der Waals surface area contributed by atoms with Crippen molar-refractivity contribution in [3.05, 3.63) is 48.4 Å². The van der Waals surface area contributed by atoms with E-state index in [0.29, 0.717) is 0 Å². The van der Waals surface area contributed by atoms with Crippen molar-refractivity contribution in [2.45, 2.75) is 25.7 Å². The zero-order valence-electron chi connectivity index (χ0n) is 10.9. The largest absolute Gasteiger partial charge is 0.494 e. The number of nitrogens with zero attached hydrogens (tertiary/aromatic N) is 1. The Bertz CT molecular complexity index is 514. The lowest BCUT2D eigenvalue weighted by Crippen LogP contribution is -2.50. The number of ether oxygens (including phenoxy) is 2. The number of hydrogen-bond donors (Lipinski definition) is 1. The lowest BCUT2D eigenvalue weighted by molar-refractivity contribution is -0.146. The SMILES string of the molecule is CC1OC=CN(C(=O)OCc2ccccc2)C1C(=O)O. The second-order valence-electron chi connectivity index (χ2n) is 4.36. The normalized spacial score (nSPS) is 21.1. The molecular formula is C14H15NO5. The van der Waals surface area contributed by atoms with Gasteiger partial charge in [0.2, 0.25) is 0 Å². The molecule has 0 aliphatic carbocycles. The topological polar surface area (TPSA) is 76.1 Å². The molecule has 2 rings (SSSR count). The summed E-state index contributed by atoms with van der Waals surface area (Å²) in [6.45, 7) is 1.67. The quantitative estimate of drug-likeness (QED) is 0.914. The van der Waals surface area contributed by atoms with Crippen molar-refractivity contribution < 1.29 is 24.2 Å². The standard InChI is InChI=1S/C14H15NO5/c1-10-12(13(16)17)15(7-8-19-10)14(18)20-9-11-5-3-2-4-6-11/h2-8,10,12H,9H2,1H3,(H,16,17). The number of hydrogen-bond acceptors (Lipinski definition) is 4. The Labute approximate surface area is 116 Å². The van der Waals surface area contributed by atoms with Crippen molar-refractivity contribution >= 4 is 12.1 Å². The Balaban J connectivity index is 2.02. The van der Waals surface area contributed by atoms with Crippen molar-refractivity contribution in [1.82, 2.24) is 4.90 Å². The van der Waals surface area contributed by atoms with Crippen molar-refractivity contribution in [2.24, 2.45) is 0 Å².